The Morgan fingerprint density at radius 2 is 1.62 bits per heavy atom. The number of nitrogens with zero attached hydrogens (tertiary/aromatic N) is 2. The van der Waals surface area contributed by atoms with E-state index in [1.807, 2.05) is 6.92 Å². The second-order valence-corrected chi connectivity index (χ2v) is 4.49. The van der Waals surface area contributed by atoms with Crippen LogP contribution in [0, 0.1) is 24.4 Å². The molecule has 0 aliphatic rings. The summed E-state index contributed by atoms with van der Waals surface area (Å²) in [5.74, 6) is -2.53. The zero-order chi connectivity index (χ0) is 15.4. The van der Waals surface area contributed by atoms with Gasteiger partial charge in [-0.05, 0) is 13.3 Å². The van der Waals surface area contributed by atoms with E-state index in [1.165, 1.54) is 0 Å². The van der Waals surface area contributed by atoms with Crippen molar-refractivity contribution in [2.45, 2.75) is 20.3 Å². The van der Waals surface area contributed by atoms with Gasteiger partial charge < -0.3 is 10.6 Å². The monoisotopic (exact) mass is 296 g/mol. The Hall–Kier alpha value is -2.31. The third kappa shape index (κ3) is 3.84. The molecule has 2 rings (SSSR count). The van der Waals surface area contributed by atoms with E-state index < -0.39 is 17.5 Å². The minimum absolute atomic E-state index is 0.0749. The van der Waals surface area contributed by atoms with Crippen LogP contribution >= 0.6 is 0 Å². The molecule has 0 amide bonds. The first-order valence-corrected chi connectivity index (χ1v) is 6.50. The fourth-order valence-corrected chi connectivity index (χ4v) is 1.75. The van der Waals surface area contributed by atoms with Crippen LogP contribution in [-0.4, -0.2) is 16.5 Å². The van der Waals surface area contributed by atoms with E-state index in [-0.39, 0.29) is 5.69 Å². The Morgan fingerprint density at radius 1 is 1.00 bits per heavy atom. The van der Waals surface area contributed by atoms with E-state index in [1.54, 1.807) is 13.0 Å². The van der Waals surface area contributed by atoms with Gasteiger partial charge in [-0.2, -0.15) is 0 Å². The summed E-state index contributed by atoms with van der Waals surface area (Å²) >= 11 is 0. The Bertz CT molecular complexity index is 623. The van der Waals surface area contributed by atoms with Crippen LogP contribution in [0.3, 0.4) is 0 Å². The summed E-state index contributed by atoms with van der Waals surface area (Å²) in [5, 5.41) is 5.83. The smallest absolute Gasteiger partial charge is 0.194 e. The van der Waals surface area contributed by atoms with Crippen LogP contribution in [-0.2, 0) is 0 Å². The SMILES string of the molecule is CCCNc1cc(Nc2cc(F)c(F)c(F)c2)nc(C)n1. The fourth-order valence-electron chi connectivity index (χ4n) is 1.75. The zero-order valence-electron chi connectivity index (χ0n) is 11.7. The molecule has 0 radical (unpaired) electrons. The molecule has 0 atom stereocenters. The van der Waals surface area contributed by atoms with Gasteiger partial charge in [-0.3, -0.25) is 0 Å². The van der Waals surface area contributed by atoms with Gasteiger partial charge in [0.15, 0.2) is 17.5 Å². The van der Waals surface area contributed by atoms with Crippen LogP contribution in [0.15, 0.2) is 18.2 Å². The zero-order valence-corrected chi connectivity index (χ0v) is 11.7. The van der Waals surface area contributed by atoms with Crippen LogP contribution in [0.1, 0.15) is 19.2 Å². The second-order valence-electron chi connectivity index (χ2n) is 4.49. The number of anilines is 3. The van der Waals surface area contributed by atoms with Gasteiger partial charge in [0.2, 0.25) is 0 Å². The quantitative estimate of drug-likeness (QED) is 0.825. The Balaban J connectivity index is 2.24. The molecule has 1 aromatic heterocycles. The number of halogens is 3. The maximum absolute atomic E-state index is 13.2. The molecule has 0 bridgehead atoms. The molecule has 0 fully saturated rings. The number of hydrogen-bond acceptors (Lipinski definition) is 4. The lowest BCUT2D eigenvalue weighted by Gasteiger charge is -2.10. The molecule has 7 heteroatoms. The lowest BCUT2D eigenvalue weighted by molar-refractivity contribution is 0.448. The third-order valence-corrected chi connectivity index (χ3v) is 2.65. The predicted octanol–water partition coefficient (Wildman–Crippen LogP) is 3.77. The van der Waals surface area contributed by atoms with Gasteiger partial charge in [0.25, 0.3) is 0 Å². The standard InChI is InChI=1S/C14H15F3N4/c1-3-4-18-12-7-13(20-8(2)19-12)21-9-5-10(15)14(17)11(16)6-9/h5-7H,3-4H2,1-2H3,(H2,18,19,20,21). The first kappa shape index (κ1) is 15.1. The summed E-state index contributed by atoms with van der Waals surface area (Å²) in [4.78, 5) is 8.31. The largest absolute Gasteiger partial charge is 0.370 e. The van der Waals surface area contributed by atoms with Crippen molar-refractivity contribution in [3.63, 3.8) is 0 Å². The summed E-state index contributed by atoms with van der Waals surface area (Å²) in [6, 6.07) is 3.35. The highest BCUT2D eigenvalue weighted by molar-refractivity contribution is 5.59. The molecule has 0 saturated heterocycles. The maximum Gasteiger partial charge on any atom is 0.194 e. The number of benzene rings is 1. The molecule has 2 aromatic rings. The van der Waals surface area contributed by atoms with E-state index >= 15 is 0 Å². The summed E-state index contributed by atoms with van der Waals surface area (Å²) in [7, 11) is 0. The van der Waals surface area contributed by atoms with Gasteiger partial charge in [-0.15, -0.1) is 0 Å². The highest BCUT2D eigenvalue weighted by Gasteiger charge is 2.11. The number of aromatic nitrogens is 2. The third-order valence-electron chi connectivity index (χ3n) is 2.65. The number of rotatable bonds is 5. The molecule has 0 aliphatic heterocycles. The normalized spacial score (nSPS) is 10.5. The van der Waals surface area contributed by atoms with E-state index in [0.717, 1.165) is 25.1 Å². The van der Waals surface area contributed by atoms with Crippen LogP contribution in [0.5, 0.6) is 0 Å². The van der Waals surface area contributed by atoms with E-state index in [0.29, 0.717) is 17.5 Å². The Morgan fingerprint density at radius 3 is 2.24 bits per heavy atom. The van der Waals surface area contributed by atoms with E-state index in [9.17, 15) is 13.2 Å². The first-order chi connectivity index (χ1) is 9.99. The van der Waals surface area contributed by atoms with Crippen molar-refractivity contribution >= 4 is 17.3 Å². The lowest BCUT2D eigenvalue weighted by Crippen LogP contribution is -2.06. The molecule has 112 valence electrons. The van der Waals surface area contributed by atoms with Crippen LogP contribution in [0.2, 0.25) is 0 Å². The van der Waals surface area contributed by atoms with Crippen molar-refractivity contribution < 1.29 is 13.2 Å². The van der Waals surface area contributed by atoms with Crippen molar-refractivity contribution in [3.05, 3.63) is 41.5 Å². The number of nitrogens with one attached hydrogen (secondary N) is 2. The number of aryl methyl sites for hydroxylation is 1. The molecule has 1 aromatic carbocycles. The highest BCUT2D eigenvalue weighted by Crippen LogP contribution is 2.21. The fraction of sp³-hybridized carbons (Fsp3) is 0.286. The molecular weight excluding hydrogens is 281 g/mol. The summed E-state index contributed by atoms with van der Waals surface area (Å²) in [6.45, 7) is 4.47. The maximum atomic E-state index is 13.2. The van der Waals surface area contributed by atoms with Crippen LogP contribution in [0.4, 0.5) is 30.5 Å². The number of hydrogen-bond donors (Lipinski definition) is 2. The van der Waals surface area contributed by atoms with Crippen molar-refractivity contribution in [1.29, 1.82) is 0 Å². The summed E-state index contributed by atoms with van der Waals surface area (Å²) in [6.07, 6.45) is 0.931. The average Bonchev–Trinajstić information content (AvgIpc) is 2.42. The van der Waals surface area contributed by atoms with Crippen molar-refractivity contribution in [2.24, 2.45) is 0 Å². The van der Waals surface area contributed by atoms with E-state index in [4.69, 9.17) is 0 Å². The van der Waals surface area contributed by atoms with Gasteiger partial charge in [0, 0.05) is 30.4 Å². The summed E-state index contributed by atoms with van der Waals surface area (Å²) in [5.41, 5.74) is 0.0749. The molecule has 1 heterocycles. The van der Waals surface area contributed by atoms with E-state index in [2.05, 4.69) is 20.6 Å². The molecule has 0 spiro atoms. The summed E-state index contributed by atoms with van der Waals surface area (Å²) < 4.78 is 39.2. The molecule has 0 saturated carbocycles. The van der Waals surface area contributed by atoms with Gasteiger partial charge in [-0.25, -0.2) is 23.1 Å². The molecule has 0 unspecified atom stereocenters. The Kier molecular flexibility index (Phi) is 4.62. The molecule has 21 heavy (non-hydrogen) atoms. The Labute approximate surface area is 120 Å². The van der Waals surface area contributed by atoms with Crippen LogP contribution < -0.4 is 10.6 Å². The van der Waals surface area contributed by atoms with Crippen molar-refractivity contribution in [3.8, 4) is 0 Å². The van der Waals surface area contributed by atoms with Crippen molar-refractivity contribution in [1.82, 2.24) is 9.97 Å². The van der Waals surface area contributed by atoms with Crippen LogP contribution in [0.25, 0.3) is 0 Å². The van der Waals surface area contributed by atoms with Crippen molar-refractivity contribution in [2.75, 3.05) is 17.2 Å². The lowest BCUT2D eigenvalue weighted by atomic mass is 10.3. The minimum Gasteiger partial charge on any atom is -0.370 e. The van der Waals surface area contributed by atoms with Gasteiger partial charge in [0.1, 0.15) is 17.5 Å². The first-order valence-electron chi connectivity index (χ1n) is 6.50. The van der Waals surface area contributed by atoms with Gasteiger partial charge in [-0.1, -0.05) is 6.92 Å². The highest BCUT2D eigenvalue weighted by atomic mass is 19.2. The molecule has 4 nitrogen and oxygen atoms in total. The molecular formula is C14H15F3N4. The van der Waals surface area contributed by atoms with Gasteiger partial charge in [0.05, 0.1) is 0 Å². The van der Waals surface area contributed by atoms with Gasteiger partial charge >= 0.3 is 0 Å². The predicted molar refractivity (Wildman–Crippen MR) is 75.1 cm³/mol. The second kappa shape index (κ2) is 6.43. The average molecular weight is 296 g/mol. The minimum atomic E-state index is -1.50. The topological polar surface area (TPSA) is 49.8 Å². The molecule has 0 aliphatic carbocycles. The molecule has 2 N–H and O–H groups in total.